The fraction of sp³-hybridized carbons (Fsp3) is 0.500. The van der Waals surface area contributed by atoms with E-state index in [0.29, 0.717) is 5.41 Å². The third kappa shape index (κ3) is 1.85. The molecule has 1 aliphatic rings. The van der Waals surface area contributed by atoms with Crippen LogP contribution < -0.4 is 4.90 Å². The van der Waals surface area contributed by atoms with Gasteiger partial charge in [0.1, 0.15) is 10.4 Å². The van der Waals surface area contributed by atoms with Gasteiger partial charge in [-0.25, -0.2) is 4.98 Å². The molecule has 0 atom stereocenters. The highest BCUT2D eigenvalue weighted by Crippen LogP contribution is 2.32. The van der Waals surface area contributed by atoms with Gasteiger partial charge in [-0.3, -0.25) is 0 Å². The Labute approximate surface area is 87.1 Å². The second-order valence-electron chi connectivity index (χ2n) is 4.34. The third-order valence-corrected chi connectivity index (χ3v) is 2.70. The zero-order valence-electron chi connectivity index (χ0n) is 7.92. The molecule has 70 valence electrons. The number of hydrogen-bond acceptors (Lipinski definition) is 2. The van der Waals surface area contributed by atoms with Crippen LogP contribution in [0.3, 0.4) is 0 Å². The molecule has 0 spiro atoms. The molecule has 13 heavy (non-hydrogen) atoms. The van der Waals surface area contributed by atoms with Crippen LogP contribution in [0, 0.1) is 5.41 Å². The molecule has 0 aliphatic carbocycles. The van der Waals surface area contributed by atoms with Crippen molar-refractivity contribution in [2.45, 2.75) is 13.8 Å². The average molecular weight is 241 g/mol. The van der Waals surface area contributed by atoms with Gasteiger partial charge in [-0.1, -0.05) is 19.9 Å². The molecule has 1 aromatic heterocycles. The molecule has 0 aromatic carbocycles. The van der Waals surface area contributed by atoms with Gasteiger partial charge in [0, 0.05) is 13.1 Å². The zero-order chi connectivity index (χ0) is 9.47. The van der Waals surface area contributed by atoms with Gasteiger partial charge in [-0.2, -0.15) is 0 Å². The monoisotopic (exact) mass is 240 g/mol. The van der Waals surface area contributed by atoms with Crippen LogP contribution in [-0.2, 0) is 0 Å². The van der Waals surface area contributed by atoms with Gasteiger partial charge < -0.3 is 4.90 Å². The maximum atomic E-state index is 4.40. The molecule has 1 aliphatic heterocycles. The van der Waals surface area contributed by atoms with E-state index in [1.54, 1.807) is 0 Å². The van der Waals surface area contributed by atoms with Crippen LogP contribution in [0.15, 0.2) is 22.8 Å². The average Bonchev–Trinajstić information content (AvgIpc) is 2.00. The summed E-state index contributed by atoms with van der Waals surface area (Å²) in [4.78, 5) is 6.70. The fourth-order valence-electron chi connectivity index (χ4n) is 1.72. The minimum absolute atomic E-state index is 0.462. The number of pyridine rings is 1. The van der Waals surface area contributed by atoms with Gasteiger partial charge in [-0.05, 0) is 33.5 Å². The summed E-state index contributed by atoms with van der Waals surface area (Å²) in [6.45, 7) is 6.77. The molecular formula is C10H13BrN2. The van der Waals surface area contributed by atoms with Crippen molar-refractivity contribution in [2.75, 3.05) is 18.0 Å². The first-order valence-corrected chi connectivity index (χ1v) is 5.24. The van der Waals surface area contributed by atoms with Crippen molar-refractivity contribution in [3.05, 3.63) is 22.8 Å². The second kappa shape index (κ2) is 2.98. The highest BCUT2D eigenvalue weighted by atomic mass is 79.9. The predicted molar refractivity (Wildman–Crippen MR) is 57.9 cm³/mol. The third-order valence-electron chi connectivity index (χ3n) is 2.26. The van der Waals surface area contributed by atoms with E-state index in [-0.39, 0.29) is 0 Å². The van der Waals surface area contributed by atoms with Gasteiger partial charge in [0.05, 0.1) is 0 Å². The lowest BCUT2D eigenvalue weighted by Crippen LogP contribution is -2.53. The predicted octanol–water partition coefficient (Wildman–Crippen LogP) is 2.69. The molecule has 2 heterocycles. The SMILES string of the molecule is CC1(C)CN(c2cccc(Br)n2)C1. The Morgan fingerprint density at radius 2 is 2.08 bits per heavy atom. The lowest BCUT2D eigenvalue weighted by atomic mass is 9.84. The van der Waals surface area contributed by atoms with Crippen LogP contribution in [0.2, 0.25) is 0 Å². The number of nitrogens with zero attached hydrogens (tertiary/aromatic N) is 2. The highest BCUT2D eigenvalue weighted by molar-refractivity contribution is 9.10. The van der Waals surface area contributed by atoms with Crippen molar-refractivity contribution in [2.24, 2.45) is 5.41 Å². The number of aromatic nitrogens is 1. The zero-order valence-corrected chi connectivity index (χ0v) is 9.50. The molecule has 0 bridgehead atoms. The van der Waals surface area contributed by atoms with E-state index in [9.17, 15) is 0 Å². The van der Waals surface area contributed by atoms with Crippen molar-refractivity contribution < 1.29 is 0 Å². The lowest BCUT2D eigenvalue weighted by Gasteiger charge is -2.46. The normalized spacial score (nSPS) is 19.8. The largest absolute Gasteiger partial charge is 0.355 e. The quantitative estimate of drug-likeness (QED) is 0.703. The van der Waals surface area contributed by atoms with E-state index in [0.717, 1.165) is 23.5 Å². The summed E-state index contributed by atoms with van der Waals surface area (Å²) >= 11 is 3.37. The van der Waals surface area contributed by atoms with E-state index in [2.05, 4.69) is 45.7 Å². The van der Waals surface area contributed by atoms with Crippen molar-refractivity contribution >= 4 is 21.7 Å². The smallest absolute Gasteiger partial charge is 0.129 e. The van der Waals surface area contributed by atoms with Crippen molar-refractivity contribution in [1.29, 1.82) is 0 Å². The first-order valence-electron chi connectivity index (χ1n) is 4.44. The van der Waals surface area contributed by atoms with E-state index in [4.69, 9.17) is 0 Å². The summed E-state index contributed by atoms with van der Waals surface area (Å²) in [5, 5.41) is 0. The Hall–Kier alpha value is -0.570. The van der Waals surface area contributed by atoms with E-state index in [1.807, 2.05) is 12.1 Å². The molecule has 1 aromatic rings. The Bertz CT molecular complexity index is 314. The molecule has 0 radical (unpaired) electrons. The highest BCUT2D eigenvalue weighted by Gasteiger charge is 2.34. The van der Waals surface area contributed by atoms with Gasteiger partial charge in [-0.15, -0.1) is 0 Å². The molecule has 1 saturated heterocycles. The maximum Gasteiger partial charge on any atom is 0.129 e. The van der Waals surface area contributed by atoms with Crippen LogP contribution in [-0.4, -0.2) is 18.1 Å². The molecule has 0 N–H and O–H groups in total. The Morgan fingerprint density at radius 3 is 2.62 bits per heavy atom. The molecule has 0 saturated carbocycles. The lowest BCUT2D eigenvalue weighted by molar-refractivity contribution is 0.274. The van der Waals surface area contributed by atoms with Gasteiger partial charge >= 0.3 is 0 Å². The van der Waals surface area contributed by atoms with Crippen LogP contribution in [0.1, 0.15) is 13.8 Å². The molecule has 1 fully saturated rings. The van der Waals surface area contributed by atoms with Gasteiger partial charge in [0.25, 0.3) is 0 Å². The Balaban J connectivity index is 2.11. The standard InChI is InChI=1S/C10H13BrN2/c1-10(2)6-13(7-10)9-5-3-4-8(11)12-9/h3-5H,6-7H2,1-2H3. The molecule has 2 nitrogen and oxygen atoms in total. The number of rotatable bonds is 1. The molecule has 0 unspecified atom stereocenters. The topological polar surface area (TPSA) is 16.1 Å². The van der Waals surface area contributed by atoms with Crippen molar-refractivity contribution in [3.63, 3.8) is 0 Å². The van der Waals surface area contributed by atoms with E-state index in [1.165, 1.54) is 0 Å². The fourth-order valence-corrected chi connectivity index (χ4v) is 2.06. The van der Waals surface area contributed by atoms with Crippen LogP contribution in [0.4, 0.5) is 5.82 Å². The first kappa shape index (κ1) is 9.00. The maximum absolute atomic E-state index is 4.40. The molecule has 0 amide bonds. The van der Waals surface area contributed by atoms with Crippen LogP contribution >= 0.6 is 15.9 Å². The Morgan fingerprint density at radius 1 is 1.38 bits per heavy atom. The number of hydrogen-bond donors (Lipinski definition) is 0. The molecular weight excluding hydrogens is 228 g/mol. The van der Waals surface area contributed by atoms with Crippen LogP contribution in [0.25, 0.3) is 0 Å². The van der Waals surface area contributed by atoms with Gasteiger partial charge in [0.15, 0.2) is 0 Å². The first-order chi connectivity index (χ1) is 6.07. The van der Waals surface area contributed by atoms with E-state index < -0.39 is 0 Å². The summed E-state index contributed by atoms with van der Waals surface area (Å²) in [5.74, 6) is 1.08. The molecule has 2 rings (SSSR count). The van der Waals surface area contributed by atoms with E-state index >= 15 is 0 Å². The number of halogens is 1. The second-order valence-corrected chi connectivity index (χ2v) is 5.15. The minimum atomic E-state index is 0.462. The van der Waals surface area contributed by atoms with Crippen molar-refractivity contribution in [3.8, 4) is 0 Å². The van der Waals surface area contributed by atoms with Crippen molar-refractivity contribution in [1.82, 2.24) is 4.98 Å². The van der Waals surface area contributed by atoms with Crippen LogP contribution in [0.5, 0.6) is 0 Å². The Kier molecular flexibility index (Phi) is 2.06. The summed E-state index contributed by atoms with van der Waals surface area (Å²) in [6, 6.07) is 6.03. The summed E-state index contributed by atoms with van der Waals surface area (Å²) < 4.78 is 0.912. The van der Waals surface area contributed by atoms with Gasteiger partial charge in [0.2, 0.25) is 0 Å². The summed E-state index contributed by atoms with van der Waals surface area (Å²) in [7, 11) is 0. The summed E-state index contributed by atoms with van der Waals surface area (Å²) in [6.07, 6.45) is 0. The minimum Gasteiger partial charge on any atom is -0.355 e. The number of anilines is 1. The summed E-state index contributed by atoms with van der Waals surface area (Å²) in [5.41, 5.74) is 0.462. The molecule has 3 heteroatoms.